The molecule has 1 aliphatic rings. The van der Waals surface area contributed by atoms with Crippen LogP contribution in [-0.4, -0.2) is 23.8 Å². The minimum atomic E-state index is -0.446. The molecule has 0 saturated carbocycles. The van der Waals surface area contributed by atoms with Gasteiger partial charge in [-0.3, -0.25) is 9.59 Å². The first-order valence-electron chi connectivity index (χ1n) is 9.40. The van der Waals surface area contributed by atoms with E-state index < -0.39 is 5.92 Å². The van der Waals surface area contributed by atoms with Crippen molar-refractivity contribution < 1.29 is 9.59 Å². The SMILES string of the molecule is CN(Cc1ccccc1-c1ccccc1)C(=O)C1CC(=O)Nc2ccccc21. The Morgan fingerprint density at radius 1 is 0.964 bits per heavy atom. The van der Waals surface area contributed by atoms with Crippen LogP contribution in [0.5, 0.6) is 0 Å². The molecule has 1 N–H and O–H groups in total. The lowest BCUT2D eigenvalue weighted by Crippen LogP contribution is -2.36. The summed E-state index contributed by atoms with van der Waals surface area (Å²) in [4.78, 5) is 27.0. The van der Waals surface area contributed by atoms with Crippen LogP contribution in [0, 0.1) is 0 Å². The highest BCUT2D eigenvalue weighted by Crippen LogP contribution is 2.34. The quantitative estimate of drug-likeness (QED) is 0.738. The molecule has 1 unspecified atom stereocenters. The molecule has 1 heterocycles. The number of hydrogen-bond acceptors (Lipinski definition) is 2. The summed E-state index contributed by atoms with van der Waals surface area (Å²) >= 11 is 0. The molecule has 3 aromatic rings. The second kappa shape index (κ2) is 7.69. The normalized spacial score (nSPS) is 15.5. The van der Waals surface area contributed by atoms with Crippen LogP contribution in [-0.2, 0) is 16.1 Å². The Bertz CT molecular complexity index is 1010. The Labute approximate surface area is 164 Å². The van der Waals surface area contributed by atoms with Crippen molar-refractivity contribution in [2.75, 3.05) is 12.4 Å². The standard InChI is InChI=1S/C24H22N2O2/c1-26(16-18-11-5-6-12-19(18)17-9-3-2-4-10-17)24(28)21-15-23(27)25-22-14-8-7-13-20(21)22/h2-14,21H,15-16H2,1H3,(H,25,27). The third-order valence-electron chi connectivity index (χ3n) is 5.18. The second-order valence-electron chi connectivity index (χ2n) is 7.11. The Kier molecular flexibility index (Phi) is 4.94. The number of likely N-dealkylation sites (N-methyl/N-ethyl adjacent to an activating group) is 1. The van der Waals surface area contributed by atoms with Crippen molar-refractivity contribution in [2.24, 2.45) is 0 Å². The van der Waals surface area contributed by atoms with Gasteiger partial charge in [0.15, 0.2) is 0 Å². The summed E-state index contributed by atoms with van der Waals surface area (Å²) in [6, 6.07) is 25.8. The van der Waals surface area contributed by atoms with Gasteiger partial charge < -0.3 is 10.2 Å². The third-order valence-corrected chi connectivity index (χ3v) is 5.18. The number of anilines is 1. The predicted molar refractivity (Wildman–Crippen MR) is 111 cm³/mol. The molecule has 4 heteroatoms. The van der Waals surface area contributed by atoms with Gasteiger partial charge >= 0.3 is 0 Å². The first kappa shape index (κ1) is 18.0. The van der Waals surface area contributed by atoms with Crippen molar-refractivity contribution in [2.45, 2.75) is 18.9 Å². The monoisotopic (exact) mass is 370 g/mol. The van der Waals surface area contributed by atoms with Crippen LogP contribution in [0.2, 0.25) is 0 Å². The molecule has 4 nitrogen and oxygen atoms in total. The zero-order valence-corrected chi connectivity index (χ0v) is 15.8. The van der Waals surface area contributed by atoms with Crippen LogP contribution in [0.3, 0.4) is 0 Å². The summed E-state index contributed by atoms with van der Waals surface area (Å²) in [6.45, 7) is 0.490. The minimum Gasteiger partial charge on any atom is -0.341 e. The molecule has 0 saturated heterocycles. The zero-order chi connectivity index (χ0) is 19.5. The molecule has 28 heavy (non-hydrogen) atoms. The molecule has 2 amide bonds. The van der Waals surface area contributed by atoms with Crippen LogP contribution >= 0.6 is 0 Å². The molecule has 1 atom stereocenters. The number of benzene rings is 3. The Morgan fingerprint density at radius 3 is 2.46 bits per heavy atom. The summed E-state index contributed by atoms with van der Waals surface area (Å²) in [6.07, 6.45) is 0.181. The van der Waals surface area contributed by atoms with Gasteiger partial charge in [0.25, 0.3) is 0 Å². The smallest absolute Gasteiger partial charge is 0.230 e. The van der Waals surface area contributed by atoms with E-state index in [9.17, 15) is 9.59 Å². The molecule has 0 fully saturated rings. The van der Waals surface area contributed by atoms with Crippen molar-refractivity contribution in [1.29, 1.82) is 0 Å². The van der Waals surface area contributed by atoms with Crippen LogP contribution in [0.25, 0.3) is 11.1 Å². The molecule has 0 radical (unpaired) electrons. The van der Waals surface area contributed by atoms with Gasteiger partial charge in [0.1, 0.15) is 0 Å². The molecule has 0 bridgehead atoms. The number of hydrogen-bond donors (Lipinski definition) is 1. The molecule has 3 aromatic carbocycles. The maximum absolute atomic E-state index is 13.2. The summed E-state index contributed by atoms with van der Waals surface area (Å²) in [5, 5.41) is 2.85. The number of para-hydroxylation sites is 1. The maximum Gasteiger partial charge on any atom is 0.230 e. The average Bonchev–Trinajstić information content (AvgIpc) is 2.73. The average molecular weight is 370 g/mol. The summed E-state index contributed by atoms with van der Waals surface area (Å²) in [5.74, 6) is -0.598. The molecular formula is C24H22N2O2. The number of nitrogens with one attached hydrogen (secondary N) is 1. The molecule has 4 rings (SSSR count). The first-order valence-corrected chi connectivity index (χ1v) is 9.40. The Balaban J connectivity index is 1.59. The van der Waals surface area contributed by atoms with Crippen LogP contribution in [0.1, 0.15) is 23.5 Å². The minimum absolute atomic E-state index is 0.0369. The third kappa shape index (κ3) is 3.54. The first-order chi connectivity index (χ1) is 13.6. The highest BCUT2D eigenvalue weighted by atomic mass is 16.2. The molecule has 0 spiro atoms. The lowest BCUT2D eigenvalue weighted by atomic mass is 9.89. The number of rotatable bonds is 4. The van der Waals surface area contributed by atoms with Gasteiger partial charge in [0.2, 0.25) is 11.8 Å². The number of carbonyl (C=O) groups is 2. The lowest BCUT2D eigenvalue weighted by Gasteiger charge is -2.29. The van der Waals surface area contributed by atoms with Gasteiger partial charge in [0.05, 0.1) is 5.92 Å². The van der Waals surface area contributed by atoms with E-state index in [4.69, 9.17) is 0 Å². The Morgan fingerprint density at radius 2 is 1.64 bits per heavy atom. The van der Waals surface area contributed by atoms with Gasteiger partial charge in [0, 0.05) is 25.7 Å². The zero-order valence-electron chi connectivity index (χ0n) is 15.8. The van der Waals surface area contributed by atoms with Crippen LogP contribution < -0.4 is 5.32 Å². The van der Waals surface area contributed by atoms with Crippen molar-refractivity contribution in [3.05, 3.63) is 90.0 Å². The van der Waals surface area contributed by atoms with Gasteiger partial charge in [-0.15, -0.1) is 0 Å². The molecule has 140 valence electrons. The van der Waals surface area contributed by atoms with E-state index in [1.165, 1.54) is 0 Å². The number of nitrogens with zero attached hydrogens (tertiary/aromatic N) is 1. The second-order valence-corrected chi connectivity index (χ2v) is 7.11. The Hall–Kier alpha value is -3.40. The van der Waals surface area contributed by atoms with E-state index in [1.54, 1.807) is 11.9 Å². The summed E-state index contributed by atoms with van der Waals surface area (Å²) < 4.78 is 0. The maximum atomic E-state index is 13.2. The van der Waals surface area contributed by atoms with Crippen molar-refractivity contribution >= 4 is 17.5 Å². The van der Waals surface area contributed by atoms with Gasteiger partial charge in [-0.05, 0) is 28.3 Å². The van der Waals surface area contributed by atoms with E-state index >= 15 is 0 Å². The van der Waals surface area contributed by atoms with E-state index in [1.807, 2.05) is 60.7 Å². The van der Waals surface area contributed by atoms with E-state index in [2.05, 4.69) is 23.5 Å². The van der Waals surface area contributed by atoms with Gasteiger partial charge in [-0.25, -0.2) is 0 Å². The lowest BCUT2D eigenvalue weighted by molar-refractivity contribution is -0.134. The highest BCUT2D eigenvalue weighted by Gasteiger charge is 2.32. The highest BCUT2D eigenvalue weighted by molar-refractivity contribution is 6.01. The van der Waals surface area contributed by atoms with E-state index in [0.717, 1.165) is 27.9 Å². The van der Waals surface area contributed by atoms with Crippen LogP contribution in [0.15, 0.2) is 78.9 Å². The number of amides is 2. The van der Waals surface area contributed by atoms with Gasteiger partial charge in [-0.2, -0.15) is 0 Å². The molecule has 1 aliphatic heterocycles. The fraction of sp³-hybridized carbons (Fsp3) is 0.167. The van der Waals surface area contributed by atoms with Crippen molar-refractivity contribution in [3.63, 3.8) is 0 Å². The molecular weight excluding hydrogens is 348 g/mol. The summed E-state index contributed by atoms with van der Waals surface area (Å²) in [5.41, 5.74) is 4.94. The number of carbonyl (C=O) groups excluding carboxylic acids is 2. The topological polar surface area (TPSA) is 49.4 Å². The van der Waals surface area contributed by atoms with Crippen molar-refractivity contribution in [3.8, 4) is 11.1 Å². The fourth-order valence-corrected chi connectivity index (χ4v) is 3.79. The fourth-order valence-electron chi connectivity index (χ4n) is 3.79. The van der Waals surface area contributed by atoms with Crippen LogP contribution in [0.4, 0.5) is 5.69 Å². The van der Waals surface area contributed by atoms with Gasteiger partial charge in [-0.1, -0.05) is 72.8 Å². The largest absolute Gasteiger partial charge is 0.341 e. The van der Waals surface area contributed by atoms with Crippen molar-refractivity contribution in [1.82, 2.24) is 4.90 Å². The summed E-state index contributed by atoms with van der Waals surface area (Å²) in [7, 11) is 1.80. The molecule has 0 aromatic heterocycles. The predicted octanol–water partition coefficient (Wildman–Crippen LogP) is 4.44. The molecule has 0 aliphatic carbocycles. The van der Waals surface area contributed by atoms with E-state index in [-0.39, 0.29) is 18.2 Å². The van der Waals surface area contributed by atoms with E-state index in [0.29, 0.717) is 6.54 Å². The number of fused-ring (bicyclic) bond motifs is 1.